The van der Waals surface area contributed by atoms with Gasteiger partial charge in [0.25, 0.3) is 0 Å². The first-order chi connectivity index (χ1) is 6.63. The molecular formula is C10H21N3O. The molecule has 1 aliphatic rings. The van der Waals surface area contributed by atoms with E-state index >= 15 is 0 Å². The van der Waals surface area contributed by atoms with Crippen LogP contribution >= 0.6 is 0 Å². The van der Waals surface area contributed by atoms with Crippen LogP contribution in [0, 0.1) is 5.92 Å². The van der Waals surface area contributed by atoms with Gasteiger partial charge in [0, 0.05) is 25.7 Å². The molecule has 1 atom stereocenters. The molecule has 0 aromatic rings. The second-order valence-electron chi connectivity index (χ2n) is 4.26. The Morgan fingerprint density at radius 1 is 1.57 bits per heavy atom. The van der Waals surface area contributed by atoms with Crippen LogP contribution in [0.1, 0.15) is 26.7 Å². The Balaban J connectivity index is 2.30. The number of likely N-dealkylation sites (tertiary alicyclic amines) is 1. The molecular weight excluding hydrogens is 178 g/mol. The fourth-order valence-electron chi connectivity index (χ4n) is 1.57. The van der Waals surface area contributed by atoms with Gasteiger partial charge in [-0.3, -0.25) is 0 Å². The van der Waals surface area contributed by atoms with Gasteiger partial charge in [-0.05, 0) is 25.7 Å². The van der Waals surface area contributed by atoms with E-state index in [4.69, 9.17) is 5.73 Å². The maximum Gasteiger partial charge on any atom is 0.317 e. The number of carbonyl (C=O) groups is 1. The molecule has 0 saturated carbocycles. The number of rotatable bonds is 2. The van der Waals surface area contributed by atoms with Crippen molar-refractivity contribution in [2.45, 2.75) is 32.7 Å². The summed E-state index contributed by atoms with van der Waals surface area (Å²) in [6, 6.07) is 0.108. The Bertz CT molecular complexity index is 188. The van der Waals surface area contributed by atoms with E-state index in [0.29, 0.717) is 6.54 Å². The van der Waals surface area contributed by atoms with E-state index in [-0.39, 0.29) is 12.1 Å². The number of amides is 2. The van der Waals surface area contributed by atoms with Crippen LogP contribution in [-0.4, -0.2) is 36.6 Å². The number of carbonyl (C=O) groups excluding carboxylic acids is 1. The summed E-state index contributed by atoms with van der Waals surface area (Å²) in [7, 11) is 0. The van der Waals surface area contributed by atoms with Gasteiger partial charge in [-0.15, -0.1) is 0 Å². The van der Waals surface area contributed by atoms with Gasteiger partial charge in [0.05, 0.1) is 0 Å². The average Bonchev–Trinajstić information content (AvgIpc) is 2.18. The van der Waals surface area contributed by atoms with E-state index in [1.807, 2.05) is 11.8 Å². The predicted octanol–water partition coefficient (Wildman–Crippen LogP) is 0.775. The molecule has 0 spiro atoms. The highest BCUT2D eigenvalue weighted by molar-refractivity contribution is 5.74. The lowest BCUT2D eigenvalue weighted by Crippen LogP contribution is -2.48. The van der Waals surface area contributed by atoms with Crippen molar-refractivity contribution < 1.29 is 4.79 Å². The average molecular weight is 199 g/mol. The lowest BCUT2D eigenvalue weighted by molar-refractivity contribution is 0.171. The van der Waals surface area contributed by atoms with Crippen molar-refractivity contribution in [3.8, 4) is 0 Å². The molecule has 1 fully saturated rings. The third-order valence-corrected chi connectivity index (χ3v) is 2.79. The Morgan fingerprint density at radius 2 is 2.14 bits per heavy atom. The molecule has 0 aromatic heterocycles. The van der Waals surface area contributed by atoms with Crippen molar-refractivity contribution in [3.63, 3.8) is 0 Å². The largest absolute Gasteiger partial charge is 0.334 e. The van der Waals surface area contributed by atoms with Gasteiger partial charge in [-0.25, -0.2) is 4.79 Å². The minimum absolute atomic E-state index is 0.0369. The van der Waals surface area contributed by atoms with Gasteiger partial charge in [-0.1, -0.05) is 6.92 Å². The first kappa shape index (κ1) is 11.3. The van der Waals surface area contributed by atoms with Crippen molar-refractivity contribution in [1.82, 2.24) is 10.2 Å². The van der Waals surface area contributed by atoms with E-state index < -0.39 is 0 Å². The Hall–Kier alpha value is -0.770. The Kier molecular flexibility index (Phi) is 4.20. The molecule has 1 saturated heterocycles. The molecule has 0 radical (unpaired) electrons. The summed E-state index contributed by atoms with van der Waals surface area (Å²) in [5.74, 6) is 0.756. The zero-order chi connectivity index (χ0) is 10.6. The third-order valence-electron chi connectivity index (χ3n) is 2.79. The van der Waals surface area contributed by atoms with Crippen LogP contribution in [0.4, 0.5) is 4.79 Å². The maximum atomic E-state index is 11.6. The van der Waals surface area contributed by atoms with Crippen LogP contribution in [0.5, 0.6) is 0 Å². The summed E-state index contributed by atoms with van der Waals surface area (Å²) < 4.78 is 0. The van der Waals surface area contributed by atoms with Crippen molar-refractivity contribution in [1.29, 1.82) is 0 Å². The van der Waals surface area contributed by atoms with Crippen molar-refractivity contribution in [2.75, 3.05) is 19.6 Å². The molecule has 1 aliphatic heterocycles. The number of nitrogens with zero attached hydrogens (tertiary/aromatic N) is 1. The van der Waals surface area contributed by atoms with Crippen LogP contribution in [0.25, 0.3) is 0 Å². The van der Waals surface area contributed by atoms with Crippen LogP contribution in [0.3, 0.4) is 0 Å². The van der Waals surface area contributed by atoms with Gasteiger partial charge in [-0.2, -0.15) is 0 Å². The maximum absolute atomic E-state index is 11.6. The highest BCUT2D eigenvalue weighted by Gasteiger charge is 2.20. The van der Waals surface area contributed by atoms with Crippen LogP contribution in [-0.2, 0) is 0 Å². The number of urea groups is 1. The highest BCUT2D eigenvalue weighted by atomic mass is 16.2. The fraction of sp³-hybridized carbons (Fsp3) is 0.900. The summed E-state index contributed by atoms with van der Waals surface area (Å²) in [6.45, 7) is 6.41. The van der Waals surface area contributed by atoms with E-state index in [1.165, 1.54) is 0 Å². The first-order valence-electron chi connectivity index (χ1n) is 5.39. The molecule has 1 unspecified atom stereocenters. The third kappa shape index (κ3) is 3.18. The predicted molar refractivity (Wildman–Crippen MR) is 57.0 cm³/mol. The Labute approximate surface area is 85.8 Å². The zero-order valence-corrected chi connectivity index (χ0v) is 9.12. The molecule has 4 heteroatoms. The molecule has 0 aromatic carbocycles. The molecule has 82 valence electrons. The van der Waals surface area contributed by atoms with Crippen LogP contribution in [0.15, 0.2) is 0 Å². The number of nitrogens with two attached hydrogens (primary N) is 1. The van der Waals surface area contributed by atoms with E-state index in [2.05, 4.69) is 12.2 Å². The summed E-state index contributed by atoms with van der Waals surface area (Å²) in [5, 5.41) is 2.88. The van der Waals surface area contributed by atoms with Gasteiger partial charge in [0.15, 0.2) is 0 Å². The van der Waals surface area contributed by atoms with E-state index in [1.54, 1.807) is 0 Å². The zero-order valence-electron chi connectivity index (χ0n) is 9.12. The van der Waals surface area contributed by atoms with Gasteiger partial charge < -0.3 is 16.0 Å². The second-order valence-corrected chi connectivity index (χ2v) is 4.26. The van der Waals surface area contributed by atoms with Gasteiger partial charge in [0.2, 0.25) is 0 Å². The van der Waals surface area contributed by atoms with Crippen LogP contribution < -0.4 is 11.1 Å². The smallest absolute Gasteiger partial charge is 0.317 e. The van der Waals surface area contributed by atoms with Gasteiger partial charge >= 0.3 is 6.03 Å². The first-order valence-corrected chi connectivity index (χ1v) is 5.39. The molecule has 4 nitrogen and oxygen atoms in total. The lowest BCUT2D eigenvalue weighted by atomic mass is 10.00. The quantitative estimate of drug-likeness (QED) is 0.690. The summed E-state index contributed by atoms with van der Waals surface area (Å²) in [5.41, 5.74) is 5.44. The lowest BCUT2D eigenvalue weighted by Gasteiger charge is -2.31. The minimum Gasteiger partial charge on any atom is -0.334 e. The molecule has 1 heterocycles. The molecule has 14 heavy (non-hydrogen) atoms. The number of nitrogens with one attached hydrogen (secondary N) is 1. The number of hydrogen-bond donors (Lipinski definition) is 2. The summed E-state index contributed by atoms with van der Waals surface area (Å²) >= 11 is 0. The number of piperidine rings is 1. The molecule has 0 aliphatic carbocycles. The molecule has 3 N–H and O–H groups in total. The highest BCUT2D eigenvalue weighted by Crippen LogP contribution is 2.15. The Morgan fingerprint density at radius 3 is 2.64 bits per heavy atom. The summed E-state index contributed by atoms with van der Waals surface area (Å²) in [4.78, 5) is 13.5. The number of hydrogen-bond acceptors (Lipinski definition) is 2. The van der Waals surface area contributed by atoms with Gasteiger partial charge in [0.1, 0.15) is 0 Å². The van der Waals surface area contributed by atoms with Crippen molar-refractivity contribution >= 4 is 6.03 Å². The fourth-order valence-corrected chi connectivity index (χ4v) is 1.57. The monoisotopic (exact) mass is 199 g/mol. The topological polar surface area (TPSA) is 58.4 Å². The van der Waals surface area contributed by atoms with E-state index in [9.17, 15) is 4.79 Å². The van der Waals surface area contributed by atoms with Crippen molar-refractivity contribution in [3.05, 3.63) is 0 Å². The summed E-state index contributed by atoms with van der Waals surface area (Å²) in [6.07, 6.45) is 2.23. The standard InChI is InChI=1S/C10H21N3O/c1-8-3-5-13(6-4-8)10(14)12-9(2)7-11/h8-9H,3-7,11H2,1-2H3,(H,12,14). The SMILES string of the molecule is CC1CCN(C(=O)NC(C)CN)CC1. The molecule has 2 amide bonds. The van der Waals surface area contributed by atoms with E-state index in [0.717, 1.165) is 31.8 Å². The molecule has 0 bridgehead atoms. The van der Waals surface area contributed by atoms with Crippen LogP contribution in [0.2, 0.25) is 0 Å². The molecule has 1 rings (SSSR count). The minimum atomic E-state index is 0.0369. The second kappa shape index (κ2) is 5.20. The van der Waals surface area contributed by atoms with Crippen molar-refractivity contribution in [2.24, 2.45) is 11.7 Å². The normalized spacial score (nSPS) is 20.6.